The van der Waals surface area contributed by atoms with Gasteiger partial charge in [0.2, 0.25) is 5.91 Å². The van der Waals surface area contributed by atoms with Gasteiger partial charge in [-0.2, -0.15) is 0 Å². The highest BCUT2D eigenvalue weighted by Gasteiger charge is 2.17. The molecule has 2 heterocycles. The summed E-state index contributed by atoms with van der Waals surface area (Å²) in [5, 5.41) is 4.61. The Morgan fingerprint density at radius 1 is 1.20 bits per heavy atom. The van der Waals surface area contributed by atoms with Crippen molar-refractivity contribution in [2.24, 2.45) is 0 Å². The lowest BCUT2D eigenvalue weighted by atomic mass is 10.2. The SMILES string of the molecule is Cc1c(Cl)cccc1-n1ccnc1SCC(=O)Nc1cc2c(cc1Cl)OCCCO2. The number of benzene rings is 2. The lowest BCUT2D eigenvalue weighted by molar-refractivity contribution is -0.113. The van der Waals surface area contributed by atoms with Gasteiger partial charge in [0.25, 0.3) is 0 Å². The number of amides is 1. The Balaban J connectivity index is 1.45. The average Bonchev–Trinajstić information content (AvgIpc) is 3.07. The largest absolute Gasteiger partial charge is 0.490 e. The van der Waals surface area contributed by atoms with Crippen LogP contribution in [-0.2, 0) is 4.79 Å². The van der Waals surface area contributed by atoms with Crippen LogP contribution in [0.15, 0.2) is 47.9 Å². The number of hydrogen-bond donors (Lipinski definition) is 1. The Bertz CT molecular complexity index is 1090. The fourth-order valence-electron chi connectivity index (χ4n) is 3.03. The smallest absolute Gasteiger partial charge is 0.234 e. The number of hydrogen-bond acceptors (Lipinski definition) is 5. The first-order valence-electron chi connectivity index (χ1n) is 9.33. The molecular formula is C21H19Cl2N3O3S. The van der Waals surface area contributed by atoms with Crippen LogP contribution in [0.25, 0.3) is 5.69 Å². The van der Waals surface area contributed by atoms with Gasteiger partial charge >= 0.3 is 0 Å². The van der Waals surface area contributed by atoms with Crippen molar-refractivity contribution >= 4 is 46.6 Å². The predicted molar refractivity (Wildman–Crippen MR) is 120 cm³/mol. The molecule has 0 atom stereocenters. The Morgan fingerprint density at radius 3 is 2.77 bits per heavy atom. The normalized spacial score (nSPS) is 13.0. The quantitative estimate of drug-likeness (QED) is 0.514. The summed E-state index contributed by atoms with van der Waals surface area (Å²) in [6, 6.07) is 9.06. The maximum absolute atomic E-state index is 12.5. The molecule has 0 fully saturated rings. The molecule has 1 aromatic heterocycles. The van der Waals surface area contributed by atoms with Gasteiger partial charge in [-0.15, -0.1) is 0 Å². The van der Waals surface area contributed by atoms with Gasteiger partial charge < -0.3 is 14.8 Å². The molecule has 0 saturated heterocycles. The molecular weight excluding hydrogens is 445 g/mol. The fraction of sp³-hybridized carbons (Fsp3) is 0.238. The van der Waals surface area contributed by atoms with Crippen LogP contribution < -0.4 is 14.8 Å². The summed E-state index contributed by atoms with van der Waals surface area (Å²) < 4.78 is 13.2. The van der Waals surface area contributed by atoms with Crippen LogP contribution in [0.1, 0.15) is 12.0 Å². The van der Waals surface area contributed by atoms with E-state index in [9.17, 15) is 4.79 Å². The molecule has 4 rings (SSSR count). The number of halogens is 2. The van der Waals surface area contributed by atoms with Crippen molar-refractivity contribution in [3.8, 4) is 17.2 Å². The van der Waals surface area contributed by atoms with Gasteiger partial charge in [-0.1, -0.05) is 41.0 Å². The number of imidazole rings is 1. The second-order valence-electron chi connectivity index (χ2n) is 6.63. The van der Waals surface area contributed by atoms with E-state index in [2.05, 4.69) is 10.3 Å². The number of fused-ring (bicyclic) bond motifs is 1. The highest BCUT2D eigenvalue weighted by Crippen LogP contribution is 2.37. The first kappa shape index (κ1) is 20.9. The Kier molecular flexibility index (Phi) is 6.41. The molecule has 30 heavy (non-hydrogen) atoms. The molecule has 6 nitrogen and oxygen atoms in total. The maximum atomic E-state index is 12.5. The molecule has 0 radical (unpaired) electrons. The highest BCUT2D eigenvalue weighted by atomic mass is 35.5. The Hall–Kier alpha value is -2.35. The summed E-state index contributed by atoms with van der Waals surface area (Å²) in [6.07, 6.45) is 4.34. The molecule has 0 spiro atoms. The molecule has 156 valence electrons. The lowest BCUT2D eigenvalue weighted by Gasteiger charge is -2.13. The minimum absolute atomic E-state index is 0.168. The molecule has 0 bridgehead atoms. The third-order valence-corrected chi connectivity index (χ3v) is 6.24. The molecule has 9 heteroatoms. The van der Waals surface area contributed by atoms with Crippen LogP contribution in [0.4, 0.5) is 5.69 Å². The molecule has 2 aromatic carbocycles. The standard InChI is InChI=1S/C21H19Cl2N3O3S/c1-13-14(22)4-2-5-17(13)26-7-6-24-21(26)30-12-20(27)25-16-11-19-18(10-15(16)23)28-8-3-9-29-19/h2,4-7,10-11H,3,8-9,12H2,1H3,(H,25,27). The molecule has 0 unspecified atom stereocenters. The van der Waals surface area contributed by atoms with Gasteiger partial charge in [0.1, 0.15) is 0 Å². The molecule has 1 aliphatic rings. The number of carbonyl (C=O) groups is 1. The van der Waals surface area contributed by atoms with Gasteiger partial charge in [-0.3, -0.25) is 9.36 Å². The summed E-state index contributed by atoms with van der Waals surface area (Å²) in [5.74, 6) is 1.13. The zero-order valence-corrected chi connectivity index (χ0v) is 18.5. The van der Waals surface area contributed by atoms with Crippen molar-refractivity contribution in [3.05, 3.63) is 58.3 Å². The summed E-state index contributed by atoms with van der Waals surface area (Å²) in [7, 11) is 0. The average molecular weight is 464 g/mol. The van der Waals surface area contributed by atoms with Crippen LogP contribution in [0.2, 0.25) is 10.0 Å². The van der Waals surface area contributed by atoms with Crippen molar-refractivity contribution in [1.82, 2.24) is 9.55 Å². The zero-order valence-electron chi connectivity index (χ0n) is 16.2. The Labute approximate surface area is 188 Å². The third kappa shape index (κ3) is 4.53. The summed E-state index contributed by atoms with van der Waals surface area (Å²) >= 11 is 13.9. The van der Waals surface area contributed by atoms with E-state index in [1.54, 1.807) is 18.3 Å². The minimum Gasteiger partial charge on any atom is -0.490 e. The van der Waals surface area contributed by atoms with E-state index in [0.717, 1.165) is 17.7 Å². The van der Waals surface area contributed by atoms with Crippen molar-refractivity contribution in [2.75, 3.05) is 24.3 Å². The second-order valence-corrected chi connectivity index (χ2v) is 8.39. The molecule has 3 aromatic rings. The highest BCUT2D eigenvalue weighted by molar-refractivity contribution is 7.99. The van der Waals surface area contributed by atoms with Crippen molar-refractivity contribution in [3.63, 3.8) is 0 Å². The van der Waals surface area contributed by atoms with Gasteiger partial charge in [-0.05, 0) is 24.6 Å². The fourth-order valence-corrected chi connectivity index (χ4v) is 4.17. The Morgan fingerprint density at radius 2 is 1.97 bits per heavy atom. The van der Waals surface area contributed by atoms with Gasteiger partial charge in [-0.25, -0.2) is 4.98 Å². The van der Waals surface area contributed by atoms with Crippen molar-refractivity contribution in [1.29, 1.82) is 0 Å². The minimum atomic E-state index is -0.200. The second kappa shape index (κ2) is 9.20. The first-order chi connectivity index (χ1) is 14.5. The van der Waals surface area contributed by atoms with Crippen LogP contribution in [0, 0.1) is 6.92 Å². The zero-order chi connectivity index (χ0) is 21.1. The maximum Gasteiger partial charge on any atom is 0.234 e. The third-order valence-electron chi connectivity index (χ3n) is 4.55. The lowest BCUT2D eigenvalue weighted by Crippen LogP contribution is -2.15. The number of ether oxygens (including phenoxy) is 2. The monoisotopic (exact) mass is 463 g/mol. The molecule has 1 amide bonds. The van der Waals surface area contributed by atoms with Crippen LogP contribution in [0.5, 0.6) is 11.5 Å². The van der Waals surface area contributed by atoms with E-state index in [-0.39, 0.29) is 11.7 Å². The van der Waals surface area contributed by atoms with E-state index in [1.165, 1.54) is 11.8 Å². The number of rotatable bonds is 5. The van der Waals surface area contributed by atoms with Crippen LogP contribution in [-0.4, -0.2) is 34.4 Å². The van der Waals surface area contributed by atoms with Crippen molar-refractivity contribution in [2.45, 2.75) is 18.5 Å². The van der Waals surface area contributed by atoms with E-state index >= 15 is 0 Å². The number of aromatic nitrogens is 2. The molecule has 0 saturated carbocycles. The topological polar surface area (TPSA) is 65.4 Å². The van der Waals surface area contributed by atoms with Gasteiger partial charge in [0.05, 0.1) is 35.4 Å². The number of thioether (sulfide) groups is 1. The van der Waals surface area contributed by atoms with E-state index in [0.29, 0.717) is 45.6 Å². The van der Waals surface area contributed by atoms with Crippen LogP contribution >= 0.6 is 35.0 Å². The van der Waals surface area contributed by atoms with Crippen molar-refractivity contribution < 1.29 is 14.3 Å². The summed E-state index contributed by atoms with van der Waals surface area (Å²) in [6.45, 7) is 3.08. The number of carbonyl (C=O) groups excluding carboxylic acids is 1. The van der Waals surface area contributed by atoms with E-state index in [4.69, 9.17) is 32.7 Å². The summed E-state index contributed by atoms with van der Waals surface area (Å²) in [5.41, 5.74) is 2.36. The predicted octanol–water partition coefficient (Wildman–Crippen LogP) is 5.38. The number of nitrogens with one attached hydrogen (secondary N) is 1. The molecule has 1 aliphatic heterocycles. The number of nitrogens with zero attached hydrogens (tertiary/aromatic N) is 2. The summed E-state index contributed by atoms with van der Waals surface area (Å²) in [4.78, 5) is 16.9. The first-order valence-corrected chi connectivity index (χ1v) is 11.1. The van der Waals surface area contributed by atoms with E-state index in [1.807, 2.05) is 35.9 Å². The van der Waals surface area contributed by atoms with Gasteiger partial charge in [0, 0.05) is 36.0 Å². The molecule has 0 aliphatic carbocycles. The van der Waals surface area contributed by atoms with E-state index < -0.39 is 0 Å². The molecule has 1 N–H and O–H groups in total. The van der Waals surface area contributed by atoms with Gasteiger partial charge in [0.15, 0.2) is 16.7 Å². The number of anilines is 1. The van der Waals surface area contributed by atoms with Crippen LogP contribution in [0.3, 0.4) is 0 Å².